The fourth-order valence-corrected chi connectivity index (χ4v) is 2.78. The molecule has 2 aliphatic rings. The van der Waals surface area contributed by atoms with Crippen LogP contribution in [0.5, 0.6) is 0 Å². The van der Waals surface area contributed by atoms with Crippen molar-refractivity contribution < 1.29 is 0 Å². The highest BCUT2D eigenvalue weighted by atomic mass is 15.3. The van der Waals surface area contributed by atoms with Gasteiger partial charge in [-0.3, -0.25) is 4.90 Å². The molecule has 1 atom stereocenters. The molecule has 1 aromatic rings. The summed E-state index contributed by atoms with van der Waals surface area (Å²) < 4.78 is 2.16. The zero-order valence-corrected chi connectivity index (χ0v) is 9.98. The molecule has 3 heterocycles. The summed E-state index contributed by atoms with van der Waals surface area (Å²) in [6, 6.07) is 0.653. The fourth-order valence-electron chi connectivity index (χ4n) is 2.78. The van der Waals surface area contributed by atoms with Gasteiger partial charge in [-0.1, -0.05) is 0 Å². The normalized spacial score (nSPS) is 29.2. The summed E-state index contributed by atoms with van der Waals surface area (Å²) in [5, 5.41) is 11.7. The van der Waals surface area contributed by atoms with E-state index in [0.717, 1.165) is 32.0 Å². The van der Waals surface area contributed by atoms with Gasteiger partial charge in [-0.15, -0.1) is 10.2 Å². The van der Waals surface area contributed by atoms with E-state index in [1.807, 2.05) is 6.33 Å². The van der Waals surface area contributed by atoms with Crippen molar-refractivity contribution in [1.29, 1.82) is 0 Å². The third-order valence-electron chi connectivity index (χ3n) is 3.75. The van der Waals surface area contributed by atoms with Crippen LogP contribution in [0, 0.1) is 0 Å². The lowest BCUT2D eigenvalue weighted by atomic mass is 10.0. The second-order valence-electron chi connectivity index (χ2n) is 5.53. The Balaban J connectivity index is 1.70. The first kappa shape index (κ1) is 10.2. The van der Waals surface area contributed by atoms with E-state index in [2.05, 4.69) is 38.8 Å². The van der Waals surface area contributed by atoms with Crippen LogP contribution in [-0.4, -0.2) is 44.3 Å². The van der Waals surface area contributed by atoms with E-state index >= 15 is 0 Å². The monoisotopic (exact) mass is 221 g/mol. The number of aromatic nitrogens is 3. The summed E-state index contributed by atoms with van der Waals surface area (Å²) in [5.41, 5.74) is 0.287. The van der Waals surface area contributed by atoms with E-state index in [1.165, 1.54) is 6.42 Å². The third kappa shape index (κ3) is 1.74. The molecule has 2 aliphatic heterocycles. The van der Waals surface area contributed by atoms with Gasteiger partial charge in [0.25, 0.3) is 0 Å². The highest BCUT2D eigenvalue weighted by Gasteiger charge is 2.35. The topological polar surface area (TPSA) is 46.0 Å². The number of nitrogens with zero attached hydrogens (tertiary/aromatic N) is 4. The maximum atomic E-state index is 4.17. The van der Waals surface area contributed by atoms with Gasteiger partial charge in [0.05, 0.1) is 6.54 Å². The molecule has 0 bridgehead atoms. The van der Waals surface area contributed by atoms with Crippen molar-refractivity contribution in [3.05, 3.63) is 12.2 Å². The van der Waals surface area contributed by atoms with Crippen molar-refractivity contribution in [2.75, 3.05) is 13.1 Å². The molecule has 0 radical (unpaired) electrons. The summed E-state index contributed by atoms with van der Waals surface area (Å²) in [6.45, 7) is 8.75. The molecule has 1 saturated heterocycles. The van der Waals surface area contributed by atoms with E-state index in [-0.39, 0.29) is 5.54 Å². The molecule has 0 aromatic carbocycles. The second kappa shape index (κ2) is 3.53. The highest BCUT2D eigenvalue weighted by Crippen LogP contribution is 2.24. The first-order valence-corrected chi connectivity index (χ1v) is 6.00. The SMILES string of the molecule is CC1(C)CC(N2CCn3cnnc3C2)CN1. The minimum Gasteiger partial charge on any atom is -0.315 e. The molecule has 1 fully saturated rings. The Labute approximate surface area is 95.8 Å². The van der Waals surface area contributed by atoms with E-state index < -0.39 is 0 Å². The maximum absolute atomic E-state index is 4.17. The molecule has 0 amide bonds. The van der Waals surface area contributed by atoms with Gasteiger partial charge in [-0.2, -0.15) is 0 Å². The van der Waals surface area contributed by atoms with Crippen LogP contribution in [-0.2, 0) is 13.1 Å². The largest absolute Gasteiger partial charge is 0.315 e. The van der Waals surface area contributed by atoms with Crippen LogP contribution in [0.15, 0.2) is 6.33 Å². The van der Waals surface area contributed by atoms with Crippen LogP contribution in [0.1, 0.15) is 26.1 Å². The Bertz CT molecular complexity index is 383. The van der Waals surface area contributed by atoms with Crippen molar-refractivity contribution >= 4 is 0 Å². The van der Waals surface area contributed by atoms with E-state index in [9.17, 15) is 0 Å². The number of rotatable bonds is 1. The number of nitrogens with one attached hydrogen (secondary N) is 1. The Morgan fingerprint density at radius 1 is 1.44 bits per heavy atom. The van der Waals surface area contributed by atoms with E-state index in [0.29, 0.717) is 6.04 Å². The zero-order valence-electron chi connectivity index (χ0n) is 9.98. The van der Waals surface area contributed by atoms with Crippen LogP contribution in [0.2, 0.25) is 0 Å². The Hall–Kier alpha value is -0.940. The molecule has 1 N–H and O–H groups in total. The molecule has 16 heavy (non-hydrogen) atoms. The Morgan fingerprint density at radius 3 is 3.06 bits per heavy atom. The molecule has 0 aliphatic carbocycles. The van der Waals surface area contributed by atoms with Gasteiger partial charge in [0.1, 0.15) is 12.2 Å². The number of fused-ring (bicyclic) bond motifs is 1. The van der Waals surface area contributed by atoms with Gasteiger partial charge in [-0.25, -0.2) is 0 Å². The van der Waals surface area contributed by atoms with Crippen molar-refractivity contribution in [2.45, 2.75) is 44.9 Å². The molecule has 1 unspecified atom stereocenters. The molecule has 5 heteroatoms. The molecule has 1 aromatic heterocycles. The number of hydrogen-bond acceptors (Lipinski definition) is 4. The molecule has 0 spiro atoms. The van der Waals surface area contributed by atoms with Gasteiger partial charge in [0, 0.05) is 31.2 Å². The molecular formula is C11H19N5. The predicted octanol–water partition coefficient (Wildman–Crippen LogP) is 0.234. The lowest BCUT2D eigenvalue weighted by molar-refractivity contribution is 0.158. The highest BCUT2D eigenvalue weighted by molar-refractivity contribution is 4.98. The standard InChI is InChI=1S/C11H19N5/c1-11(2)5-9(6-12-11)15-3-4-16-8-13-14-10(16)7-15/h8-9,12H,3-7H2,1-2H3. The zero-order chi connectivity index (χ0) is 11.2. The van der Waals surface area contributed by atoms with Crippen LogP contribution in [0.4, 0.5) is 0 Å². The minimum atomic E-state index is 0.287. The first-order chi connectivity index (χ1) is 7.64. The summed E-state index contributed by atoms with van der Waals surface area (Å²) in [4.78, 5) is 2.53. The molecular weight excluding hydrogens is 202 g/mol. The van der Waals surface area contributed by atoms with Gasteiger partial charge >= 0.3 is 0 Å². The molecule has 3 rings (SSSR count). The van der Waals surface area contributed by atoms with Crippen molar-refractivity contribution in [2.24, 2.45) is 0 Å². The van der Waals surface area contributed by atoms with Crippen LogP contribution < -0.4 is 5.32 Å². The molecule has 5 nitrogen and oxygen atoms in total. The van der Waals surface area contributed by atoms with Crippen LogP contribution in [0.3, 0.4) is 0 Å². The van der Waals surface area contributed by atoms with Crippen molar-refractivity contribution in [3.63, 3.8) is 0 Å². The van der Waals surface area contributed by atoms with Crippen LogP contribution in [0.25, 0.3) is 0 Å². The third-order valence-corrected chi connectivity index (χ3v) is 3.75. The lowest BCUT2D eigenvalue weighted by Crippen LogP contribution is -2.42. The quantitative estimate of drug-likeness (QED) is 0.737. The second-order valence-corrected chi connectivity index (χ2v) is 5.53. The molecule has 0 saturated carbocycles. The Kier molecular flexibility index (Phi) is 2.26. The smallest absolute Gasteiger partial charge is 0.147 e. The Morgan fingerprint density at radius 2 is 2.31 bits per heavy atom. The van der Waals surface area contributed by atoms with Gasteiger partial charge in [0.2, 0.25) is 0 Å². The minimum absolute atomic E-state index is 0.287. The summed E-state index contributed by atoms with van der Waals surface area (Å²) in [7, 11) is 0. The van der Waals surface area contributed by atoms with Crippen molar-refractivity contribution in [1.82, 2.24) is 25.0 Å². The van der Waals surface area contributed by atoms with Crippen molar-refractivity contribution in [3.8, 4) is 0 Å². The summed E-state index contributed by atoms with van der Waals surface area (Å²) in [6.07, 6.45) is 3.06. The van der Waals surface area contributed by atoms with Gasteiger partial charge < -0.3 is 9.88 Å². The maximum Gasteiger partial charge on any atom is 0.147 e. The van der Waals surface area contributed by atoms with Gasteiger partial charge in [0.15, 0.2) is 0 Å². The van der Waals surface area contributed by atoms with Gasteiger partial charge in [-0.05, 0) is 20.3 Å². The fraction of sp³-hybridized carbons (Fsp3) is 0.818. The average molecular weight is 221 g/mol. The average Bonchev–Trinajstić information content (AvgIpc) is 2.82. The van der Waals surface area contributed by atoms with E-state index in [1.54, 1.807) is 0 Å². The molecule has 88 valence electrons. The summed E-state index contributed by atoms with van der Waals surface area (Å²) >= 11 is 0. The number of hydrogen-bond donors (Lipinski definition) is 1. The van der Waals surface area contributed by atoms with Crippen LogP contribution >= 0.6 is 0 Å². The first-order valence-electron chi connectivity index (χ1n) is 6.00. The lowest BCUT2D eigenvalue weighted by Gasteiger charge is -2.32. The predicted molar refractivity (Wildman–Crippen MR) is 60.9 cm³/mol. The van der Waals surface area contributed by atoms with E-state index in [4.69, 9.17) is 0 Å². The summed E-state index contributed by atoms with van der Waals surface area (Å²) in [5.74, 6) is 1.11.